The van der Waals surface area contributed by atoms with Gasteiger partial charge in [0.15, 0.2) is 0 Å². The maximum Gasteiger partial charge on any atom is 0.101 e. The van der Waals surface area contributed by atoms with Gasteiger partial charge in [-0.1, -0.05) is 18.5 Å². The van der Waals surface area contributed by atoms with Gasteiger partial charge in [0.2, 0.25) is 0 Å². The predicted octanol–water partition coefficient (Wildman–Crippen LogP) is 4.20. The van der Waals surface area contributed by atoms with Gasteiger partial charge in [-0.25, -0.2) is 0 Å². The van der Waals surface area contributed by atoms with Crippen LogP contribution < -0.4 is 5.32 Å². The van der Waals surface area contributed by atoms with Crippen molar-refractivity contribution in [3.05, 3.63) is 45.0 Å². The van der Waals surface area contributed by atoms with Crippen LogP contribution in [-0.2, 0) is 6.42 Å². The molecular formula is C13H16ClNOS. The zero-order valence-corrected chi connectivity index (χ0v) is 11.6. The molecule has 0 spiro atoms. The van der Waals surface area contributed by atoms with Gasteiger partial charge in [-0.15, -0.1) is 11.3 Å². The smallest absolute Gasteiger partial charge is 0.101 e. The van der Waals surface area contributed by atoms with Crippen molar-refractivity contribution in [1.29, 1.82) is 0 Å². The molecule has 2 aromatic heterocycles. The molecular weight excluding hydrogens is 254 g/mol. The highest BCUT2D eigenvalue weighted by Gasteiger charge is 2.14. The summed E-state index contributed by atoms with van der Waals surface area (Å²) in [5, 5.41) is 3.47. The number of furan rings is 1. The fourth-order valence-electron chi connectivity index (χ4n) is 1.86. The van der Waals surface area contributed by atoms with Crippen molar-refractivity contribution in [3.8, 4) is 0 Å². The zero-order valence-electron chi connectivity index (χ0n) is 10.00. The van der Waals surface area contributed by atoms with Gasteiger partial charge in [0, 0.05) is 22.9 Å². The van der Waals surface area contributed by atoms with Crippen molar-refractivity contribution >= 4 is 22.9 Å². The van der Waals surface area contributed by atoms with Gasteiger partial charge >= 0.3 is 0 Å². The van der Waals surface area contributed by atoms with Crippen LogP contribution in [0.4, 0.5) is 0 Å². The molecule has 1 unspecified atom stereocenters. The summed E-state index contributed by atoms with van der Waals surface area (Å²) in [6.45, 7) is 5.02. The number of likely N-dealkylation sites (N-methyl/N-ethyl adjacent to an activating group) is 1. The first-order valence-corrected chi connectivity index (χ1v) is 6.91. The normalized spacial score (nSPS) is 12.9. The van der Waals surface area contributed by atoms with E-state index >= 15 is 0 Å². The third kappa shape index (κ3) is 3.35. The van der Waals surface area contributed by atoms with E-state index in [9.17, 15) is 0 Å². The summed E-state index contributed by atoms with van der Waals surface area (Å²) < 4.78 is 6.22. The molecule has 0 aliphatic heterocycles. The Morgan fingerprint density at radius 3 is 2.82 bits per heavy atom. The molecule has 2 nitrogen and oxygen atoms in total. The topological polar surface area (TPSA) is 25.2 Å². The van der Waals surface area contributed by atoms with E-state index < -0.39 is 0 Å². The average Bonchev–Trinajstić information content (AvgIpc) is 2.87. The molecule has 17 heavy (non-hydrogen) atoms. The molecule has 0 saturated heterocycles. The van der Waals surface area contributed by atoms with Gasteiger partial charge < -0.3 is 9.73 Å². The van der Waals surface area contributed by atoms with Gasteiger partial charge in [0.05, 0.1) is 10.6 Å². The third-order valence-electron chi connectivity index (χ3n) is 2.64. The van der Waals surface area contributed by atoms with Crippen LogP contribution in [0.25, 0.3) is 0 Å². The second kappa shape index (κ2) is 5.71. The van der Waals surface area contributed by atoms with Gasteiger partial charge in [0.25, 0.3) is 0 Å². The first-order valence-electron chi connectivity index (χ1n) is 5.71. The van der Waals surface area contributed by atoms with E-state index in [0.717, 1.165) is 23.1 Å². The van der Waals surface area contributed by atoms with E-state index in [0.29, 0.717) is 6.04 Å². The molecule has 0 fully saturated rings. The average molecular weight is 270 g/mol. The van der Waals surface area contributed by atoms with Crippen molar-refractivity contribution in [2.45, 2.75) is 26.3 Å². The number of hydrogen-bond donors (Lipinski definition) is 1. The quantitative estimate of drug-likeness (QED) is 0.880. The maximum absolute atomic E-state index is 5.95. The lowest BCUT2D eigenvalue weighted by atomic mass is 10.1. The second-order valence-electron chi connectivity index (χ2n) is 4.01. The number of aryl methyl sites for hydroxylation is 1. The Morgan fingerprint density at radius 1 is 1.47 bits per heavy atom. The van der Waals surface area contributed by atoms with Crippen LogP contribution in [0.15, 0.2) is 28.9 Å². The number of thiophene rings is 1. The van der Waals surface area contributed by atoms with E-state index in [1.807, 2.05) is 19.3 Å². The summed E-state index contributed by atoms with van der Waals surface area (Å²) in [5.74, 6) is 0.951. The molecule has 1 atom stereocenters. The standard InChI is InChI=1S/C13H16ClNOS/c1-3-15-12(10-6-9(2)16-8-10)7-11-4-5-13(14)17-11/h4-6,8,12,15H,3,7H2,1-2H3. The maximum atomic E-state index is 5.95. The van der Waals surface area contributed by atoms with Crippen molar-refractivity contribution in [2.75, 3.05) is 6.54 Å². The zero-order chi connectivity index (χ0) is 12.3. The van der Waals surface area contributed by atoms with E-state index in [1.165, 1.54) is 10.4 Å². The summed E-state index contributed by atoms with van der Waals surface area (Å²) in [6.07, 6.45) is 2.78. The molecule has 4 heteroatoms. The lowest BCUT2D eigenvalue weighted by Crippen LogP contribution is -2.22. The first kappa shape index (κ1) is 12.7. The molecule has 92 valence electrons. The Hall–Kier alpha value is -0.770. The Balaban J connectivity index is 2.12. The van der Waals surface area contributed by atoms with Crippen LogP contribution in [0.1, 0.15) is 29.2 Å². The fourth-order valence-corrected chi connectivity index (χ4v) is 3.00. The molecule has 0 aromatic carbocycles. The minimum absolute atomic E-state index is 0.298. The highest BCUT2D eigenvalue weighted by Crippen LogP contribution is 2.27. The van der Waals surface area contributed by atoms with Gasteiger partial charge in [-0.05, 0) is 31.7 Å². The highest BCUT2D eigenvalue weighted by molar-refractivity contribution is 7.16. The Kier molecular flexibility index (Phi) is 4.26. The van der Waals surface area contributed by atoms with E-state index in [-0.39, 0.29) is 0 Å². The third-order valence-corrected chi connectivity index (χ3v) is 3.89. The number of halogens is 1. The summed E-state index contributed by atoms with van der Waals surface area (Å²) in [4.78, 5) is 1.29. The van der Waals surface area contributed by atoms with Crippen molar-refractivity contribution < 1.29 is 4.42 Å². The Morgan fingerprint density at radius 2 is 2.29 bits per heavy atom. The van der Waals surface area contributed by atoms with Crippen LogP contribution in [0, 0.1) is 6.92 Å². The molecule has 1 N–H and O–H groups in total. The molecule has 2 heterocycles. The lowest BCUT2D eigenvalue weighted by molar-refractivity contribution is 0.512. The second-order valence-corrected chi connectivity index (χ2v) is 5.81. The molecule has 0 aliphatic rings. The molecule has 0 saturated carbocycles. The van der Waals surface area contributed by atoms with Crippen LogP contribution in [0.2, 0.25) is 4.34 Å². The highest BCUT2D eigenvalue weighted by atomic mass is 35.5. The van der Waals surface area contributed by atoms with E-state index in [1.54, 1.807) is 11.3 Å². The fraction of sp³-hybridized carbons (Fsp3) is 0.385. The minimum Gasteiger partial charge on any atom is -0.469 e. The Bertz CT molecular complexity index is 477. The number of hydrogen-bond acceptors (Lipinski definition) is 3. The van der Waals surface area contributed by atoms with Gasteiger partial charge in [0.1, 0.15) is 5.76 Å². The van der Waals surface area contributed by atoms with E-state index in [2.05, 4.69) is 24.4 Å². The molecule has 0 aliphatic carbocycles. The van der Waals surface area contributed by atoms with Gasteiger partial charge in [-0.2, -0.15) is 0 Å². The van der Waals surface area contributed by atoms with Crippen LogP contribution in [-0.4, -0.2) is 6.54 Å². The van der Waals surface area contributed by atoms with Crippen molar-refractivity contribution in [3.63, 3.8) is 0 Å². The first-order chi connectivity index (χ1) is 8.19. The lowest BCUT2D eigenvalue weighted by Gasteiger charge is -2.15. The summed E-state index contributed by atoms with van der Waals surface area (Å²) in [6, 6.07) is 6.42. The molecule has 0 bridgehead atoms. The van der Waals surface area contributed by atoms with Gasteiger partial charge in [-0.3, -0.25) is 0 Å². The molecule has 0 amide bonds. The largest absolute Gasteiger partial charge is 0.469 e. The monoisotopic (exact) mass is 269 g/mol. The van der Waals surface area contributed by atoms with Crippen LogP contribution in [0.5, 0.6) is 0 Å². The van der Waals surface area contributed by atoms with Crippen LogP contribution >= 0.6 is 22.9 Å². The summed E-state index contributed by atoms with van der Waals surface area (Å²) in [5.41, 5.74) is 1.20. The minimum atomic E-state index is 0.298. The van der Waals surface area contributed by atoms with Crippen molar-refractivity contribution in [2.24, 2.45) is 0 Å². The number of rotatable bonds is 5. The predicted molar refractivity (Wildman–Crippen MR) is 72.9 cm³/mol. The van der Waals surface area contributed by atoms with Crippen LogP contribution in [0.3, 0.4) is 0 Å². The molecule has 0 radical (unpaired) electrons. The summed E-state index contributed by atoms with van der Waals surface area (Å²) >= 11 is 7.59. The van der Waals surface area contributed by atoms with E-state index in [4.69, 9.17) is 16.0 Å². The SMILES string of the molecule is CCNC(Cc1ccc(Cl)s1)c1coc(C)c1. The molecule has 2 rings (SSSR count). The summed E-state index contributed by atoms with van der Waals surface area (Å²) in [7, 11) is 0. The van der Waals surface area contributed by atoms with Crippen molar-refractivity contribution in [1.82, 2.24) is 5.32 Å². The molecule has 2 aromatic rings. The Labute approximate surface area is 111 Å². The number of nitrogens with one attached hydrogen (secondary N) is 1.